The highest BCUT2D eigenvalue weighted by Gasteiger charge is 2.26. The smallest absolute Gasteiger partial charge is 0.325 e. The van der Waals surface area contributed by atoms with Crippen molar-refractivity contribution in [2.45, 2.75) is 52.1 Å². The third-order valence-electron chi connectivity index (χ3n) is 6.57. The molecule has 1 amide bonds. The molecular weight excluding hydrogens is 446 g/mol. The van der Waals surface area contributed by atoms with E-state index >= 15 is 0 Å². The fourth-order valence-electron chi connectivity index (χ4n) is 4.73. The Morgan fingerprint density at radius 1 is 1.03 bits per heavy atom. The third-order valence-corrected chi connectivity index (χ3v) is 7.89. The molecule has 1 N–H and O–H groups in total. The molecule has 2 heterocycles. The monoisotopic (exact) mass is 473 g/mol. The summed E-state index contributed by atoms with van der Waals surface area (Å²) in [6.07, 6.45) is 3.84. The Bertz CT molecular complexity index is 1480. The molecule has 4 aromatic rings. The Morgan fingerprint density at radius 2 is 1.74 bits per heavy atom. The van der Waals surface area contributed by atoms with Crippen LogP contribution in [0.25, 0.3) is 10.2 Å². The normalized spacial score (nSPS) is 14.1. The number of aromatic nitrogens is 2. The van der Waals surface area contributed by atoms with Gasteiger partial charge in [-0.05, 0) is 62.8 Å². The number of carbonyl (C=O) groups excluding carboxylic acids is 1. The molecule has 0 bridgehead atoms. The lowest BCUT2D eigenvalue weighted by atomic mass is 9.97. The molecular formula is C27H27N3O3S. The van der Waals surface area contributed by atoms with Crippen LogP contribution >= 0.6 is 11.3 Å². The SMILES string of the molecule is Cc1ccc(NC(=O)Cn2c(=O)n(C(C)c3ccccc3)c(=O)c3c4c(sc32)CCCC4)cc1. The second-order valence-electron chi connectivity index (χ2n) is 8.94. The molecule has 0 saturated carbocycles. The molecule has 34 heavy (non-hydrogen) atoms. The number of rotatable bonds is 5. The van der Waals surface area contributed by atoms with E-state index in [4.69, 9.17) is 0 Å². The van der Waals surface area contributed by atoms with Crippen molar-refractivity contribution in [1.82, 2.24) is 9.13 Å². The van der Waals surface area contributed by atoms with Gasteiger partial charge in [0.25, 0.3) is 5.56 Å². The molecule has 6 nitrogen and oxygen atoms in total. The zero-order chi connectivity index (χ0) is 23.8. The zero-order valence-corrected chi connectivity index (χ0v) is 20.2. The Labute approximate surface area is 201 Å². The van der Waals surface area contributed by atoms with E-state index in [1.54, 1.807) is 0 Å². The lowest BCUT2D eigenvalue weighted by Gasteiger charge is -2.18. The number of carbonyl (C=O) groups is 1. The molecule has 1 unspecified atom stereocenters. The second kappa shape index (κ2) is 9.06. The van der Waals surface area contributed by atoms with Gasteiger partial charge in [0.05, 0.1) is 11.4 Å². The van der Waals surface area contributed by atoms with Crippen molar-refractivity contribution in [2.24, 2.45) is 0 Å². The number of anilines is 1. The van der Waals surface area contributed by atoms with E-state index in [9.17, 15) is 14.4 Å². The molecule has 5 rings (SSSR count). The van der Waals surface area contributed by atoms with Crippen LogP contribution < -0.4 is 16.6 Å². The van der Waals surface area contributed by atoms with Crippen LogP contribution in [0.4, 0.5) is 5.69 Å². The zero-order valence-electron chi connectivity index (χ0n) is 19.3. The molecule has 0 saturated heterocycles. The van der Waals surface area contributed by atoms with Gasteiger partial charge in [-0.2, -0.15) is 0 Å². The molecule has 2 aromatic heterocycles. The molecule has 1 aliphatic rings. The number of nitrogens with one attached hydrogen (secondary N) is 1. The highest BCUT2D eigenvalue weighted by atomic mass is 32.1. The van der Waals surface area contributed by atoms with Gasteiger partial charge in [0.2, 0.25) is 5.91 Å². The van der Waals surface area contributed by atoms with Gasteiger partial charge >= 0.3 is 5.69 Å². The van der Waals surface area contributed by atoms with Crippen molar-refractivity contribution < 1.29 is 4.79 Å². The Morgan fingerprint density at radius 3 is 2.47 bits per heavy atom. The Balaban J connectivity index is 1.64. The molecule has 174 valence electrons. The minimum absolute atomic E-state index is 0.148. The Hall–Kier alpha value is -3.45. The summed E-state index contributed by atoms with van der Waals surface area (Å²) in [4.78, 5) is 42.2. The first-order valence-corrected chi connectivity index (χ1v) is 12.5. The summed E-state index contributed by atoms with van der Waals surface area (Å²) in [6, 6.07) is 16.6. The molecule has 0 spiro atoms. The van der Waals surface area contributed by atoms with Gasteiger partial charge in [0, 0.05) is 10.6 Å². The average molecular weight is 474 g/mol. The maximum absolute atomic E-state index is 13.7. The largest absolute Gasteiger partial charge is 0.333 e. The average Bonchev–Trinajstić information content (AvgIpc) is 3.23. The van der Waals surface area contributed by atoms with Gasteiger partial charge in [0.1, 0.15) is 11.4 Å². The Kier molecular flexibility index (Phi) is 5.96. The quantitative estimate of drug-likeness (QED) is 0.458. The maximum atomic E-state index is 13.7. The topological polar surface area (TPSA) is 73.1 Å². The van der Waals surface area contributed by atoms with Crippen LogP contribution in [-0.4, -0.2) is 15.0 Å². The van der Waals surface area contributed by atoms with Gasteiger partial charge in [-0.25, -0.2) is 4.79 Å². The van der Waals surface area contributed by atoms with E-state index in [-0.39, 0.29) is 18.0 Å². The summed E-state index contributed by atoms with van der Waals surface area (Å²) in [5.41, 5.74) is 3.00. The van der Waals surface area contributed by atoms with Gasteiger partial charge in [-0.1, -0.05) is 48.0 Å². The number of thiophene rings is 1. The predicted molar refractivity (Wildman–Crippen MR) is 137 cm³/mol. The van der Waals surface area contributed by atoms with E-state index in [0.717, 1.165) is 47.3 Å². The first kappa shape index (κ1) is 22.3. The molecule has 2 aromatic carbocycles. The highest BCUT2D eigenvalue weighted by Crippen LogP contribution is 2.34. The van der Waals surface area contributed by atoms with Crippen molar-refractivity contribution in [1.29, 1.82) is 0 Å². The number of hydrogen-bond acceptors (Lipinski definition) is 4. The number of amides is 1. The van der Waals surface area contributed by atoms with Crippen molar-refractivity contribution in [3.63, 3.8) is 0 Å². The molecule has 0 aliphatic heterocycles. The van der Waals surface area contributed by atoms with Crippen LogP contribution in [0.15, 0.2) is 64.2 Å². The van der Waals surface area contributed by atoms with Crippen LogP contribution in [0.3, 0.4) is 0 Å². The standard InChI is InChI=1S/C27H27N3O3S/c1-17-12-14-20(15-13-17)28-23(31)16-29-26-24(21-10-6-7-11-22(21)34-26)25(32)30(27(29)33)18(2)19-8-4-3-5-9-19/h3-5,8-9,12-15,18H,6-7,10-11,16H2,1-2H3,(H,28,31). The fraction of sp³-hybridized carbons (Fsp3) is 0.296. The van der Waals surface area contributed by atoms with Crippen LogP contribution in [0.5, 0.6) is 0 Å². The molecule has 0 radical (unpaired) electrons. The lowest BCUT2D eigenvalue weighted by Crippen LogP contribution is -2.43. The van der Waals surface area contributed by atoms with Gasteiger partial charge in [-0.3, -0.25) is 18.7 Å². The summed E-state index contributed by atoms with van der Waals surface area (Å²) in [5.74, 6) is -0.295. The van der Waals surface area contributed by atoms with Crippen LogP contribution in [0.2, 0.25) is 0 Å². The molecule has 7 heteroatoms. The van der Waals surface area contributed by atoms with Gasteiger partial charge in [0.15, 0.2) is 0 Å². The molecule has 1 atom stereocenters. The first-order valence-electron chi connectivity index (χ1n) is 11.6. The summed E-state index contributed by atoms with van der Waals surface area (Å²) in [6.45, 7) is 3.70. The van der Waals surface area contributed by atoms with Crippen LogP contribution in [0, 0.1) is 6.92 Å². The minimum atomic E-state index is -0.452. The van der Waals surface area contributed by atoms with E-state index in [1.807, 2.05) is 68.4 Å². The second-order valence-corrected chi connectivity index (χ2v) is 10.0. The van der Waals surface area contributed by atoms with Gasteiger partial charge in [-0.15, -0.1) is 11.3 Å². The minimum Gasteiger partial charge on any atom is -0.325 e. The molecule has 0 fully saturated rings. The maximum Gasteiger partial charge on any atom is 0.333 e. The predicted octanol–water partition coefficient (Wildman–Crippen LogP) is 4.66. The lowest BCUT2D eigenvalue weighted by molar-refractivity contribution is -0.116. The van der Waals surface area contributed by atoms with Crippen molar-refractivity contribution >= 4 is 33.1 Å². The van der Waals surface area contributed by atoms with E-state index in [0.29, 0.717) is 15.9 Å². The first-order chi connectivity index (χ1) is 16.4. The summed E-state index contributed by atoms with van der Waals surface area (Å²) in [5, 5.41) is 3.49. The van der Waals surface area contributed by atoms with Gasteiger partial charge < -0.3 is 5.32 Å². The number of aryl methyl sites for hydroxylation is 3. The number of fused-ring (bicyclic) bond motifs is 3. The third kappa shape index (κ3) is 4.01. The van der Waals surface area contributed by atoms with Crippen molar-refractivity contribution in [2.75, 3.05) is 5.32 Å². The summed E-state index contributed by atoms with van der Waals surface area (Å²) in [7, 11) is 0. The fourth-order valence-corrected chi connectivity index (χ4v) is 6.10. The molecule has 1 aliphatic carbocycles. The summed E-state index contributed by atoms with van der Waals surface area (Å²) < 4.78 is 2.81. The van der Waals surface area contributed by atoms with Crippen molar-refractivity contribution in [3.05, 3.63) is 97.0 Å². The van der Waals surface area contributed by atoms with Crippen LogP contribution in [-0.2, 0) is 24.2 Å². The van der Waals surface area contributed by atoms with Crippen molar-refractivity contribution in [3.8, 4) is 0 Å². The number of nitrogens with zero attached hydrogens (tertiary/aromatic N) is 2. The summed E-state index contributed by atoms with van der Waals surface area (Å²) >= 11 is 1.49. The van der Waals surface area contributed by atoms with E-state index in [2.05, 4.69) is 5.32 Å². The number of benzene rings is 2. The number of hydrogen-bond donors (Lipinski definition) is 1. The highest BCUT2D eigenvalue weighted by molar-refractivity contribution is 7.18. The van der Waals surface area contributed by atoms with E-state index in [1.165, 1.54) is 20.5 Å². The van der Waals surface area contributed by atoms with Crippen LogP contribution in [0.1, 0.15) is 47.4 Å². The van der Waals surface area contributed by atoms with E-state index < -0.39 is 11.7 Å².